The number of nitrogens with zero attached hydrogens (tertiary/aromatic N) is 1. The van der Waals surface area contributed by atoms with Gasteiger partial charge in [0.1, 0.15) is 12.4 Å². The summed E-state index contributed by atoms with van der Waals surface area (Å²) >= 11 is 4.95. The molecule has 0 aliphatic carbocycles. The largest absolute Gasteiger partial charge is 0.488 e. The van der Waals surface area contributed by atoms with E-state index < -0.39 is 6.10 Å². The molecule has 1 unspecified atom stereocenters. The lowest BCUT2D eigenvalue weighted by Gasteiger charge is -2.15. The standard InChI is InChI=1S/C18H22BrNO4S/c1-4-22-15(17(21)23-5-2)10-13-6-8-14(9-7-13)24-11-16-12(3)20-18(19)25-16/h6-9,15H,4-5,10-11H2,1-3H3. The van der Waals surface area contributed by atoms with Gasteiger partial charge in [0.25, 0.3) is 0 Å². The molecule has 0 fully saturated rings. The van der Waals surface area contributed by atoms with E-state index in [1.54, 1.807) is 18.3 Å². The van der Waals surface area contributed by atoms with Gasteiger partial charge in [-0.05, 0) is 54.4 Å². The molecule has 2 aromatic rings. The van der Waals surface area contributed by atoms with Gasteiger partial charge in [0, 0.05) is 13.0 Å². The highest BCUT2D eigenvalue weighted by Crippen LogP contribution is 2.24. The van der Waals surface area contributed by atoms with E-state index >= 15 is 0 Å². The average molecular weight is 428 g/mol. The summed E-state index contributed by atoms with van der Waals surface area (Å²) in [6, 6.07) is 7.68. The summed E-state index contributed by atoms with van der Waals surface area (Å²) in [6.45, 7) is 6.92. The molecular formula is C18H22BrNO4S. The Hall–Kier alpha value is -1.44. The Morgan fingerprint density at radius 3 is 2.52 bits per heavy atom. The van der Waals surface area contributed by atoms with E-state index in [1.165, 1.54) is 0 Å². The van der Waals surface area contributed by atoms with Crippen molar-refractivity contribution < 1.29 is 19.0 Å². The van der Waals surface area contributed by atoms with E-state index in [-0.39, 0.29) is 5.97 Å². The van der Waals surface area contributed by atoms with E-state index in [2.05, 4.69) is 20.9 Å². The molecule has 0 amide bonds. The van der Waals surface area contributed by atoms with Gasteiger partial charge in [-0.2, -0.15) is 0 Å². The quantitative estimate of drug-likeness (QED) is 0.558. The van der Waals surface area contributed by atoms with Crippen LogP contribution in [-0.2, 0) is 27.3 Å². The van der Waals surface area contributed by atoms with Gasteiger partial charge >= 0.3 is 5.97 Å². The smallest absolute Gasteiger partial charge is 0.335 e. The monoisotopic (exact) mass is 427 g/mol. The third-order valence-electron chi connectivity index (χ3n) is 3.50. The number of aromatic nitrogens is 1. The van der Waals surface area contributed by atoms with Crippen molar-refractivity contribution in [3.63, 3.8) is 0 Å². The lowest BCUT2D eigenvalue weighted by atomic mass is 10.1. The van der Waals surface area contributed by atoms with Crippen LogP contribution in [0.5, 0.6) is 5.75 Å². The molecule has 0 aliphatic heterocycles. The van der Waals surface area contributed by atoms with Crippen LogP contribution in [-0.4, -0.2) is 30.3 Å². The van der Waals surface area contributed by atoms with E-state index in [0.717, 1.165) is 25.8 Å². The van der Waals surface area contributed by atoms with Crippen LogP contribution in [0.15, 0.2) is 28.2 Å². The normalized spacial score (nSPS) is 12.0. The minimum Gasteiger partial charge on any atom is -0.488 e. The number of hydrogen-bond acceptors (Lipinski definition) is 6. The highest BCUT2D eigenvalue weighted by atomic mass is 79.9. The number of thiazole rings is 1. The van der Waals surface area contributed by atoms with Crippen molar-refractivity contribution in [2.45, 2.75) is 39.9 Å². The number of carbonyl (C=O) groups is 1. The topological polar surface area (TPSA) is 57.7 Å². The first-order chi connectivity index (χ1) is 12.0. The summed E-state index contributed by atoms with van der Waals surface area (Å²) in [7, 11) is 0. The van der Waals surface area contributed by atoms with Crippen molar-refractivity contribution in [2.75, 3.05) is 13.2 Å². The summed E-state index contributed by atoms with van der Waals surface area (Å²) in [5, 5.41) is 0. The molecule has 1 aromatic carbocycles. The second-order valence-corrected chi connectivity index (χ2v) is 7.67. The van der Waals surface area contributed by atoms with Gasteiger partial charge in [0.05, 0.1) is 17.2 Å². The van der Waals surface area contributed by atoms with Crippen molar-refractivity contribution in [3.8, 4) is 5.75 Å². The van der Waals surface area contributed by atoms with Crippen LogP contribution in [0.25, 0.3) is 0 Å². The third kappa shape index (κ3) is 6.09. The molecule has 1 heterocycles. The van der Waals surface area contributed by atoms with Gasteiger partial charge in [-0.25, -0.2) is 9.78 Å². The van der Waals surface area contributed by atoms with Crippen molar-refractivity contribution in [1.82, 2.24) is 4.98 Å². The molecule has 2 rings (SSSR count). The molecule has 0 radical (unpaired) electrons. The summed E-state index contributed by atoms with van der Waals surface area (Å²) in [5.41, 5.74) is 1.97. The van der Waals surface area contributed by atoms with Crippen LogP contribution in [0.3, 0.4) is 0 Å². The van der Waals surface area contributed by atoms with Gasteiger partial charge in [0.2, 0.25) is 0 Å². The number of halogens is 1. The predicted molar refractivity (Wildman–Crippen MR) is 101 cm³/mol. The van der Waals surface area contributed by atoms with Gasteiger partial charge in [-0.15, -0.1) is 11.3 Å². The maximum absolute atomic E-state index is 11.9. The van der Waals surface area contributed by atoms with Crippen LogP contribution in [0, 0.1) is 6.92 Å². The highest BCUT2D eigenvalue weighted by molar-refractivity contribution is 9.11. The molecule has 0 saturated heterocycles. The highest BCUT2D eigenvalue weighted by Gasteiger charge is 2.20. The molecule has 136 valence electrons. The Kier molecular flexibility index (Phi) is 7.87. The number of aryl methyl sites for hydroxylation is 1. The summed E-state index contributed by atoms with van der Waals surface area (Å²) in [6.07, 6.45) is -0.0951. The van der Waals surface area contributed by atoms with Crippen LogP contribution >= 0.6 is 27.3 Å². The number of rotatable bonds is 9. The fraction of sp³-hybridized carbons (Fsp3) is 0.444. The Bertz CT molecular complexity index is 687. The van der Waals surface area contributed by atoms with Crippen molar-refractivity contribution >= 4 is 33.2 Å². The molecule has 0 N–H and O–H groups in total. The lowest BCUT2D eigenvalue weighted by Crippen LogP contribution is -2.28. The lowest BCUT2D eigenvalue weighted by molar-refractivity contribution is -0.156. The second-order valence-electron chi connectivity index (χ2n) is 5.31. The molecule has 0 bridgehead atoms. The molecule has 1 atom stereocenters. The van der Waals surface area contributed by atoms with E-state index in [4.69, 9.17) is 14.2 Å². The zero-order chi connectivity index (χ0) is 18.2. The molecule has 7 heteroatoms. The van der Waals surface area contributed by atoms with Crippen LogP contribution < -0.4 is 4.74 Å². The van der Waals surface area contributed by atoms with Gasteiger partial charge < -0.3 is 14.2 Å². The first-order valence-electron chi connectivity index (χ1n) is 8.15. The molecule has 1 aromatic heterocycles. The average Bonchev–Trinajstić information content (AvgIpc) is 2.91. The Labute approximate surface area is 160 Å². The zero-order valence-electron chi connectivity index (χ0n) is 14.6. The van der Waals surface area contributed by atoms with E-state index in [9.17, 15) is 4.79 Å². The van der Waals surface area contributed by atoms with E-state index in [0.29, 0.717) is 26.2 Å². The first-order valence-corrected chi connectivity index (χ1v) is 9.76. The first kappa shape index (κ1) is 19.9. The third-order valence-corrected chi connectivity index (χ3v) is 5.08. The van der Waals surface area contributed by atoms with E-state index in [1.807, 2.05) is 38.1 Å². The van der Waals surface area contributed by atoms with Crippen molar-refractivity contribution in [3.05, 3.63) is 44.3 Å². The molecule has 0 aliphatic rings. The Balaban J connectivity index is 1.94. The minimum atomic E-state index is -0.575. The SMILES string of the molecule is CCOC(=O)C(Cc1ccc(OCc2sc(Br)nc2C)cc1)OCC. The zero-order valence-corrected chi connectivity index (χ0v) is 17.0. The van der Waals surface area contributed by atoms with Crippen LogP contribution in [0.2, 0.25) is 0 Å². The predicted octanol–water partition coefficient (Wildman–Crippen LogP) is 4.30. The van der Waals surface area contributed by atoms with Gasteiger partial charge in [-0.3, -0.25) is 0 Å². The van der Waals surface area contributed by atoms with Crippen molar-refractivity contribution in [1.29, 1.82) is 0 Å². The van der Waals surface area contributed by atoms with Gasteiger partial charge in [0.15, 0.2) is 10.0 Å². The maximum atomic E-state index is 11.9. The Morgan fingerprint density at radius 2 is 1.96 bits per heavy atom. The fourth-order valence-electron chi connectivity index (χ4n) is 2.26. The molecule has 0 spiro atoms. The number of carbonyl (C=O) groups excluding carboxylic acids is 1. The fourth-order valence-corrected chi connectivity index (χ4v) is 3.81. The summed E-state index contributed by atoms with van der Waals surface area (Å²) in [4.78, 5) is 17.3. The number of benzene rings is 1. The molecule has 25 heavy (non-hydrogen) atoms. The molecular weight excluding hydrogens is 406 g/mol. The van der Waals surface area contributed by atoms with Crippen LogP contribution in [0.1, 0.15) is 30.0 Å². The summed E-state index contributed by atoms with van der Waals surface area (Å²) in [5.74, 6) is 0.452. The summed E-state index contributed by atoms with van der Waals surface area (Å²) < 4.78 is 17.2. The number of esters is 1. The number of ether oxygens (including phenoxy) is 3. The minimum absolute atomic E-state index is 0.323. The van der Waals surface area contributed by atoms with Gasteiger partial charge in [-0.1, -0.05) is 12.1 Å². The second kappa shape index (κ2) is 9.89. The molecule has 5 nitrogen and oxygen atoms in total. The Morgan fingerprint density at radius 1 is 1.24 bits per heavy atom. The molecule has 0 saturated carbocycles. The van der Waals surface area contributed by atoms with Crippen LogP contribution in [0.4, 0.5) is 0 Å². The maximum Gasteiger partial charge on any atom is 0.335 e. The number of hydrogen-bond donors (Lipinski definition) is 0. The van der Waals surface area contributed by atoms with Crippen molar-refractivity contribution in [2.24, 2.45) is 0 Å².